The number of methoxy groups -OCH3 is 1. The second kappa shape index (κ2) is 11.3. The number of hydrogen-bond donors (Lipinski definition) is 2. The Morgan fingerprint density at radius 3 is 2.32 bits per heavy atom. The maximum Gasteiger partial charge on any atom is 0.191 e. The monoisotopic (exact) mass is 495 g/mol. The normalized spacial score (nSPS) is 14.7. The molecule has 0 atom stereocenters. The first kappa shape index (κ1) is 22.5. The highest BCUT2D eigenvalue weighted by atomic mass is 127. The molecule has 0 amide bonds. The van der Waals surface area contributed by atoms with Crippen LogP contribution in [-0.4, -0.2) is 39.9 Å². The van der Waals surface area contributed by atoms with Crippen LogP contribution in [-0.2, 0) is 16.7 Å². The van der Waals surface area contributed by atoms with Crippen LogP contribution in [0.3, 0.4) is 0 Å². The van der Waals surface area contributed by atoms with Gasteiger partial charge in [0.2, 0.25) is 0 Å². The number of ether oxygens (including phenoxy) is 2. The molecule has 28 heavy (non-hydrogen) atoms. The predicted octanol–water partition coefficient (Wildman–Crippen LogP) is 3.73. The number of nitrogens with one attached hydrogen (secondary N) is 2. The van der Waals surface area contributed by atoms with Crippen molar-refractivity contribution in [3.05, 3.63) is 65.7 Å². The first-order valence-corrected chi connectivity index (χ1v) is 9.46. The van der Waals surface area contributed by atoms with Crippen molar-refractivity contribution in [3.8, 4) is 5.75 Å². The van der Waals surface area contributed by atoms with Gasteiger partial charge in [-0.05, 0) is 36.1 Å². The standard InChI is InChI=1S/C22H29N3O2.HI/c1-23-21(25-17-22(12-13-22)19-6-4-3-5-7-19)24-16-18-8-10-20(11-9-18)27-15-14-26-2;/h3-11H,12-17H2,1-2H3,(H2,23,24,25);1H. The zero-order valence-electron chi connectivity index (χ0n) is 16.6. The van der Waals surface area contributed by atoms with Gasteiger partial charge in [0, 0.05) is 32.7 Å². The van der Waals surface area contributed by atoms with Crippen LogP contribution in [0.25, 0.3) is 0 Å². The van der Waals surface area contributed by atoms with Gasteiger partial charge in [-0.25, -0.2) is 0 Å². The van der Waals surface area contributed by atoms with Crippen molar-refractivity contribution in [2.45, 2.75) is 24.8 Å². The molecule has 0 spiro atoms. The second-order valence-electron chi connectivity index (χ2n) is 6.91. The SMILES string of the molecule is CN=C(NCc1ccc(OCCOC)cc1)NCC1(c2ccccc2)CC1.I. The van der Waals surface area contributed by atoms with Crippen LogP contribution in [0.15, 0.2) is 59.6 Å². The average Bonchev–Trinajstić information content (AvgIpc) is 3.51. The Labute approximate surface area is 184 Å². The molecule has 3 rings (SSSR count). The zero-order chi connectivity index (χ0) is 19.0. The minimum absolute atomic E-state index is 0. The summed E-state index contributed by atoms with van der Waals surface area (Å²) in [6.07, 6.45) is 2.46. The van der Waals surface area contributed by atoms with Crippen molar-refractivity contribution >= 4 is 29.9 Å². The minimum Gasteiger partial charge on any atom is -0.491 e. The van der Waals surface area contributed by atoms with Crippen LogP contribution >= 0.6 is 24.0 Å². The van der Waals surface area contributed by atoms with Crippen molar-refractivity contribution in [2.24, 2.45) is 4.99 Å². The van der Waals surface area contributed by atoms with Crippen molar-refractivity contribution < 1.29 is 9.47 Å². The number of benzene rings is 2. The molecule has 2 N–H and O–H groups in total. The molecule has 2 aromatic carbocycles. The first-order valence-electron chi connectivity index (χ1n) is 9.46. The van der Waals surface area contributed by atoms with Gasteiger partial charge >= 0.3 is 0 Å². The van der Waals surface area contributed by atoms with E-state index in [2.05, 4.69) is 58.1 Å². The Bertz CT molecular complexity index is 731. The molecule has 1 aliphatic carbocycles. The van der Waals surface area contributed by atoms with Gasteiger partial charge in [0.05, 0.1) is 6.61 Å². The van der Waals surface area contributed by atoms with Crippen LogP contribution in [0.1, 0.15) is 24.0 Å². The molecule has 6 heteroatoms. The fourth-order valence-electron chi connectivity index (χ4n) is 3.12. The molecule has 1 saturated carbocycles. The van der Waals surface area contributed by atoms with Gasteiger partial charge < -0.3 is 20.1 Å². The lowest BCUT2D eigenvalue weighted by atomic mass is 9.96. The van der Waals surface area contributed by atoms with Crippen molar-refractivity contribution in [1.82, 2.24) is 10.6 Å². The highest BCUT2D eigenvalue weighted by Crippen LogP contribution is 2.47. The predicted molar refractivity (Wildman–Crippen MR) is 125 cm³/mol. The Hall–Kier alpha value is -1.80. The third-order valence-electron chi connectivity index (χ3n) is 5.00. The Kier molecular flexibility index (Phi) is 9.05. The van der Waals surface area contributed by atoms with Gasteiger partial charge in [-0.15, -0.1) is 24.0 Å². The number of aliphatic imine (C=N–C) groups is 1. The van der Waals surface area contributed by atoms with Crippen molar-refractivity contribution in [3.63, 3.8) is 0 Å². The quantitative estimate of drug-likeness (QED) is 0.241. The van der Waals surface area contributed by atoms with Crippen LogP contribution in [0.5, 0.6) is 5.75 Å². The van der Waals surface area contributed by atoms with Gasteiger partial charge in [-0.1, -0.05) is 42.5 Å². The van der Waals surface area contributed by atoms with E-state index in [9.17, 15) is 0 Å². The fraction of sp³-hybridized carbons (Fsp3) is 0.409. The molecule has 2 aromatic rings. The summed E-state index contributed by atoms with van der Waals surface area (Å²) in [5, 5.41) is 6.87. The number of hydrogen-bond acceptors (Lipinski definition) is 3. The summed E-state index contributed by atoms with van der Waals surface area (Å²) in [5.74, 6) is 1.69. The van der Waals surface area contributed by atoms with Crippen molar-refractivity contribution in [1.29, 1.82) is 0 Å². The van der Waals surface area contributed by atoms with E-state index in [0.29, 0.717) is 13.2 Å². The molecule has 0 aromatic heterocycles. The molecule has 0 radical (unpaired) electrons. The molecular formula is C22H30IN3O2. The Morgan fingerprint density at radius 1 is 1.00 bits per heavy atom. The Balaban J connectivity index is 0.00000280. The summed E-state index contributed by atoms with van der Waals surface area (Å²) in [5.41, 5.74) is 2.86. The largest absolute Gasteiger partial charge is 0.491 e. The average molecular weight is 495 g/mol. The molecule has 0 bridgehead atoms. The van der Waals surface area contributed by atoms with Gasteiger partial charge in [-0.2, -0.15) is 0 Å². The lowest BCUT2D eigenvalue weighted by Crippen LogP contribution is -2.40. The van der Waals surface area contributed by atoms with Gasteiger partial charge in [0.25, 0.3) is 0 Å². The van der Waals surface area contributed by atoms with Crippen molar-refractivity contribution in [2.75, 3.05) is 33.9 Å². The van der Waals surface area contributed by atoms with Gasteiger partial charge in [0.1, 0.15) is 12.4 Å². The van der Waals surface area contributed by atoms with E-state index < -0.39 is 0 Å². The van der Waals surface area contributed by atoms with E-state index in [1.165, 1.54) is 24.0 Å². The summed E-state index contributed by atoms with van der Waals surface area (Å²) in [6, 6.07) is 18.8. The van der Waals surface area contributed by atoms with Crippen LogP contribution in [0.2, 0.25) is 0 Å². The smallest absolute Gasteiger partial charge is 0.191 e. The Morgan fingerprint density at radius 2 is 1.71 bits per heavy atom. The van der Waals surface area contributed by atoms with E-state index in [1.54, 1.807) is 7.11 Å². The molecular weight excluding hydrogens is 465 g/mol. The summed E-state index contributed by atoms with van der Waals surface area (Å²) < 4.78 is 10.6. The summed E-state index contributed by atoms with van der Waals surface area (Å²) in [7, 11) is 3.48. The molecule has 5 nitrogen and oxygen atoms in total. The maximum atomic E-state index is 5.59. The number of nitrogens with zero attached hydrogens (tertiary/aromatic N) is 1. The zero-order valence-corrected chi connectivity index (χ0v) is 18.9. The van der Waals surface area contributed by atoms with Gasteiger partial charge in [-0.3, -0.25) is 4.99 Å². The van der Waals surface area contributed by atoms with E-state index in [4.69, 9.17) is 9.47 Å². The van der Waals surface area contributed by atoms with Crippen LogP contribution < -0.4 is 15.4 Å². The number of rotatable bonds is 9. The van der Waals surface area contributed by atoms with Crippen LogP contribution in [0.4, 0.5) is 0 Å². The molecule has 152 valence electrons. The molecule has 0 saturated heterocycles. The fourth-order valence-corrected chi connectivity index (χ4v) is 3.12. The van der Waals surface area contributed by atoms with E-state index in [1.807, 2.05) is 19.2 Å². The third-order valence-corrected chi connectivity index (χ3v) is 5.00. The van der Waals surface area contributed by atoms with Crippen LogP contribution in [0, 0.1) is 0 Å². The summed E-state index contributed by atoms with van der Waals surface area (Å²) >= 11 is 0. The molecule has 1 fully saturated rings. The summed E-state index contributed by atoms with van der Waals surface area (Å²) in [6.45, 7) is 2.78. The number of halogens is 1. The molecule has 0 unspecified atom stereocenters. The molecule has 0 heterocycles. The number of guanidine groups is 1. The third kappa shape index (κ3) is 6.38. The first-order chi connectivity index (χ1) is 13.3. The molecule has 1 aliphatic rings. The van der Waals surface area contributed by atoms with E-state index >= 15 is 0 Å². The highest BCUT2D eigenvalue weighted by Gasteiger charge is 2.43. The summed E-state index contributed by atoms with van der Waals surface area (Å²) in [4.78, 5) is 4.35. The van der Waals surface area contributed by atoms with E-state index in [-0.39, 0.29) is 29.4 Å². The van der Waals surface area contributed by atoms with E-state index in [0.717, 1.165) is 24.8 Å². The molecule has 0 aliphatic heterocycles. The van der Waals surface area contributed by atoms with Gasteiger partial charge in [0.15, 0.2) is 5.96 Å². The maximum absolute atomic E-state index is 5.59. The second-order valence-corrected chi connectivity index (χ2v) is 6.91. The topological polar surface area (TPSA) is 54.9 Å². The minimum atomic E-state index is 0. The lowest BCUT2D eigenvalue weighted by molar-refractivity contribution is 0.146. The highest BCUT2D eigenvalue weighted by molar-refractivity contribution is 14.0. The lowest BCUT2D eigenvalue weighted by Gasteiger charge is -2.19.